The predicted molar refractivity (Wildman–Crippen MR) is 102 cm³/mol. The number of hydrogen-bond acceptors (Lipinski definition) is 5. The minimum absolute atomic E-state index is 0.0301. The fourth-order valence-electron chi connectivity index (χ4n) is 2.75. The zero-order chi connectivity index (χ0) is 18.3. The number of para-hydroxylation sites is 1. The van der Waals surface area contributed by atoms with Crippen molar-refractivity contribution in [3.8, 4) is 0 Å². The molecule has 0 amide bonds. The van der Waals surface area contributed by atoms with Crippen LogP contribution in [-0.4, -0.2) is 30.7 Å². The van der Waals surface area contributed by atoms with E-state index in [1.54, 1.807) is 41.8 Å². The van der Waals surface area contributed by atoms with Gasteiger partial charge in [0.05, 0.1) is 16.7 Å². The summed E-state index contributed by atoms with van der Waals surface area (Å²) >= 11 is 7.14. The van der Waals surface area contributed by atoms with E-state index in [1.165, 1.54) is 16.3 Å². The number of aryl methyl sites for hydroxylation is 1. The van der Waals surface area contributed by atoms with Crippen molar-refractivity contribution in [3.63, 3.8) is 0 Å². The second-order valence-electron chi connectivity index (χ2n) is 5.72. The average molecular weight is 385 g/mol. The van der Waals surface area contributed by atoms with Crippen molar-refractivity contribution in [1.29, 1.82) is 0 Å². The molecule has 0 aliphatic heterocycles. The molecule has 0 unspecified atom stereocenters. The highest BCUT2D eigenvalue weighted by atomic mass is 35.5. The molecule has 0 spiro atoms. The van der Waals surface area contributed by atoms with Gasteiger partial charge in [0.25, 0.3) is 5.56 Å². The third-order valence-electron chi connectivity index (χ3n) is 4.09. The van der Waals surface area contributed by atoms with Crippen molar-refractivity contribution < 1.29 is 4.79 Å². The summed E-state index contributed by atoms with van der Waals surface area (Å²) < 4.78 is 3.26. The van der Waals surface area contributed by atoms with Crippen LogP contribution in [0.25, 0.3) is 16.7 Å². The summed E-state index contributed by atoms with van der Waals surface area (Å²) in [5.74, 6) is 0.618. The van der Waals surface area contributed by atoms with E-state index in [2.05, 4.69) is 10.2 Å². The number of hydrogen-bond donors (Lipinski definition) is 0. The van der Waals surface area contributed by atoms with Crippen molar-refractivity contribution in [1.82, 2.24) is 19.2 Å². The summed E-state index contributed by atoms with van der Waals surface area (Å²) in [6.45, 7) is 0. The number of nitrogens with zero attached hydrogens (tertiary/aromatic N) is 4. The van der Waals surface area contributed by atoms with Crippen molar-refractivity contribution in [2.45, 2.75) is 5.16 Å². The minimum atomic E-state index is -0.130. The number of carbonyl (C=O) groups excluding carboxylic acids is 1. The van der Waals surface area contributed by atoms with E-state index < -0.39 is 0 Å². The Balaban J connectivity index is 1.72. The Morgan fingerprint density at radius 2 is 1.85 bits per heavy atom. The molecule has 4 aromatic rings. The van der Waals surface area contributed by atoms with E-state index in [4.69, 9.17) is 11.6 Å². The average Bonchev–Trinajstić information content (AvgIpc) is 3.09. The number of rotatable bonds is 4. The Morgan fingerprint density at radius 1 is 1.12 bits per heavy atom. The SMILES string of the molecule is Cn1c(=O)c2ccccc2n2c(SCC(=O)c3ccc(Cl)cc3)nnc12. The molecule has 0 bridgehead atoms. The van der Waals surface area contributed by atoms with Crippen LogP contribution >= 0.6 is 23.4 Å². The van der Waals surface area contributed by atoms with Gasteiger partial charge in [0.2, 0.25) is 5.78 Å². The fraction of sp³-hybridized carbons (Fsp3) is 0.111. The molecule has 4 rings (SSSR count). The first-order chi connectivity index (χ1) is 12.6. The van der Waals surface area contributed by atoms with Crippen LogP contribution in [0.2, 0.25) is 5.02 Å². The van der Waals surface area contributed by atoms with Gasteiger partial charge in [0.15, 0.2) is 10.9 Å². The van der Waals surface area contributed by atoms with E-state index in [0.717, 1.165) is 5.52 Å². The highest BCUT2D eigenvalue weighted by molar-refractivity contribution is 7.99. The van der Waals surface area contributed by atoms with Gasteiger partial charge in [-0.3, -0.25) is 18.6 Å². The molecule has 2 aromatic heterocycles. The number of halogens is 1. The van der Waals surface area contributed by atoms with Crippen LogP contribution in [0.1, 0.15) is 10.4 Å². The maximum absolute atomic E-state index is 12.4. The molecule has 2 heterocycles. The molecule has 2 aromatic carbocycles. The van der Waals surface area contributed by atoms with Gasteiger partial charge in [0.1, 0.15) is 0 Å². The van der Waals surface area contributed by atoms with Gasteiger partial charge >= 0.3 is 0 Å². The predicted octanol–water partition coefficient (Wildman–Crippen LogP) is 3.21. The standard InChI is InChI=1S/C18H13ClN4O2S/c1-22-16(25)13-4-2-3-5-14(13)23-17(22)20-21-18(23)26-10-15(24)11-6-8-12(19)9-7-11/h2-9H,10H2,1H3. The smallest absolute Gasteiger partial charge is 0.262 e. The van der Waals surface area contributed by atoms with E-state index in [-0.39, 0.29) is 17.1 Å². The lowest BCUT2D eigenvalue weighted by Crippen LogP contribution is -2.20. The number of fused-ring (bicyclic) bond motifs is 3. The summed E-state index contributed by atoms with van der Waals surface area (Å²) in [6, 6.07) is 14.1. The molecule has 0 radical (unpaired) electrons. The zero-order valence-electron chi connectivity index (χ0n) is 13.7. The summed E-state index contributed by atoms with van der Waals surface area (Å²) in [4.78, 5) is 24.8. The van der Waals surface area contributed by atoms with E-state index in [9.17, 15) is 9.59 Å². The van der Waals surface area contributed by atoms with Crippen molar-refractivity contribution in [2.24, 2.45) is 7.05 Å². The number of carbonyl (C=O) groups is 1. The topological polar surface area (TPSA) is 69.3 Å². The van der Waals surface area contributed by atoms with E-state index >= 15 is 0 Å². The zero-order valence-corrected chi connectivity index (χ0v) is 15.3. The Labute approximate surface area is 157 Å². The van der Waals surface area contributed by atoms with Crippen LogP contribution < -0.4 is 5.56 Å². The highest BCUT2D eigenvalue weighted by Gasteiger charge is 2.16. The molecular weight excluding hydrogens is 372 g/mol. The van der Waals surface area contributed by atoms with Gasteiger partial charge in [0, 0.05) is 17.6 Å². The number of Topliss-reactive ketones (excluding diaryl/α,β-unsaturated/α-hetero) is 1. The third-order valence-corrected chi connectivity index (χ3v) is 5.28. The first-order valence-electron chi connectivity index (χ1n) is 7.80. The highest BCUT2D eigenvalue weighted by Crippen LogP contribution is 2.22. The van der Waals surface area contributed by atoms with Crippen LogP contribution in [0.4, 0.5) is 0 Å². The monoisotopic (exact) mass is 384 g/mol. The Hall–Kier alpha value is -2.64. The van der Waals surface area contributed by atoms with Crippen molar-refractivity contribution in [2.75, 3.05) is 5.75 Å². The van der Waals surface area contributed by atoms with Gasteiger partial charge < -0.3 is 0 Å². The summed E-state index contributed by atoms with van der Waals surface area (Å²) in [5.41, 5.74) is 1.18. The quantitative estimate of drug-likeness (QED) is 0.399. The maximum Gasteiger partial charge on any atom is 0.262 e. The molecule has 0 aliphatic rings. The third kappa shape index (κ3) is 2.79. The number of ketones is 1. The second-order valence-corrected chi connectivity index (χ2v) is 7.10. The Bertz CT molecular complexity index is 1200. The summed E-state index contributed by atoms with van der Waals surface area (Å²) in [7, 11) is 1.66. The molecule has 0 fully saturated rings. The minimum Gasteiger partial charge on any atom is -0.293 e. The molecule has 0 saturated carbocycles. The molecule has 0 N–H and O–H groups in total. The molecule has 8 heteroatoms. The van der Waals surface area contributed by atoms with Crippen LogP contribution in [0, 0.1) is 0 Å². The van der Waals surface area contributed by atoms with Crippen molar-refractivity contribution in [3.05, 3.63) is 69.5 Å². The largest absolute Gasteiger partial charge is 0.293 e. The lowest BCUT2D eigenvalue weighted by atomic mass is 10.1. The first kappa shape index (κ1) is 16.8. The maximum atomic E-state index is 12.4. The van der Waals surface area contributed by atoms with Gasteiger partial charge in [-0.1, -0.05) is 35.5 Å². The summed E-state index contributed by atoms with van der Waals surface area (Å²) in [5, 5.41) is 10.0. The fourth-order valence-corrected chi connectivity index (χ4v) is 3.71. The van der Waals surface area contributed by atoms with Crippen LogP contribution in [0.3, 0.4) is 0 Å². The molecule has 0 atom stereocenters. The molecule has 6 nitrogen and oxygen atoms in total. The lowest BCUT2D eigenvalue weighted by molar-refractivity contribution is 0.102. The van der Waals surface area contributed by atoms with Gasteiger partial charge in [-0.05, 0) is 36.4 Å². The second kappa shape index (κ2) is 6.59. The molecule has 26 heavy (non-hydrogen) atoms. The Kier molecular flexibility index (Phi) is 4.26. The van der Waals surface area contributed by atoms with Crippen LogP contribution in [-0.2, 0) is 7.05 Å². The van der Waals surface area contributed by atoms with Gasteiger partial charge in [-0.2, -0.15) is 0 Å². The molecule has 0 aliphatic carbocycles. The van der Waals surface area contributed by atoms with E-state index in [0.29, 0.717) is 26.9 Å². The molecule has 130 valence electrons. The van der Waals surface area contributed by atoms with Gasteiger partial charge in [-0.15, -0.1) is 10.2 Å². The first-order valence-corrected chi connectivity index (χ1v) is 9.17. The number of thioether (sulfide) groups is 1. The Morgan fingerprint density at radius 3 is 2.62 bits per heavy atom. The number of benzene rings is 2. The van der Waals surface area contributed by atoms with Crippen molar-refractivity contribution >= 4 is 45.8 Å². The molecule has 0 saturated heterocycles. The van der Waals surface area contributed by atoms with E-state index in [1.807, 2.05) is 18.2 Å². The normalized spacial score (nSPS) is 11.3. The molecular formula is C18H13ClN4O2S. The van der Waals surface area contributed by atoms with Crippen LogP contribution in [0.15, 0.2) is 58.5 Å². The summed E-state index contributed by atoms with van der Waals surface area (Å²) in [6.07, 6.45) is 0. The number of aromatic nitrogens is 4. The lowest BCUT2D eigenvalue weighted by Gasteiger charge is -2.07. The van der Waals surface area contributed by atoms with Crippen LogP contribution in [0.5, 0.6) is 0 Å². The van der Waals surface area contributed by atoms with Gasteiger partial charge in [-0.25, -0.2) is 0 Å².